The number of hydrogen-bond acceptors (Lipinski definition) is 5. The molecule has 2 heterocycles. The number of hydrogen-bond donors (Lipinski definition) is 3. The van der Waals surface area contributed by atoms with Crippen LogP contribution in [0.3, 0.4) is 0 Å². The Kier molecular flexibility index (Phi) is 5.31. The number of H-pyrrole nitrogens is 1. The average Bonchev–Trinajstić information content (AvgIpc) is 2.73. The van der Waals surface area contributed by atoms with Crippen LogP contribution in [0.2, 0.25) is 0 Å². The van der Waals surface area contributed by atoms with Gasteiger partial charge in [-0.15, -0.1) is 0 Å². The first-order chi connectivity index (χ1) is 14.0. The van der Waals surface area contributed by atoms with Gasteiger partial charge in [0.2, 0.25) is 5.95 Å². The summed E-state index contributed by atoms with van der Waals surface area (Å²) in [5, 5.41) is 3.08. The molecule has 0 fully saturated rings. The molecule has 148 valence electrons. The number of benzene rings is 2. The zero-order chi connectivity index (χ0) is 20.4. The maximum atomic E-state index is 12.8. The van der Waals surface area contributed by atoms with Crippen LogP contribution in [0.1, 0.15) is 29.2 Å². The lowest BCUT2D eigenvalue weighted by atomic mass is 10.0. The fraction of sp³-hybridized carbons (Fsp3) is 0.227. The lowest BCUT2D eigenvalue weighted by molar-refractivity contribution is 0.706. The van der Waals surface area contributed by atoms with Crippen molar-refractivity contribution in [3.05, 3.63) is 81.1 Å². The molecule has 0 spiro atoms. The number of fused-ring (bicyclic) bond motifs is 1. The van der Waals surface area contributed by atoms with E-state index in [0.717, 1.165) is 25.1 Å². The van der Waals surface area contributed by atoms with E-state index >= 15 is 0 Å². The maximum Gasteiger partial charge on any atom is 0.264 e. The molecule has 7 heteroatoms. The van der Waals surface area contributed by atoms with E-state index < -0.39 is 0 Å². The zero-order valence-electron chi connectivity index (χ0n) is 16.2. The number of thiocarbonyl (C=S) groups is 1. The third kappa shape index (κ3) is 4.00. The lowest BCUT2D eigenvalue weighted by Gasteiger charge is -2.29. The normalized spacial score (nSPS) is 13.1. The van der Waals surface area contributed by atoms with Gasteiger partial charge in [-0.2, -0.15) is 4.98 Å². The number of rotatable bonds is 4. The van der Waals surface area contributed by atoms with Gasteiger partial charge in [0.1, 0.15) is 16.4 Å². The average molecular weight is 406 g/mol. The molecule has 1 aliphatic rings. The van der Waals surface area contributed by atoms with Gasteiger partial charge in [0, 0.05) is 18.8 Å². The largest absolute Gasteiger partial charge is 0.383 e. The number of nitrogens with two attached hydrogens (primary N) is 1. The van der Waals surface area contributed by atoms with E-state index in [9.17, 15) is 4.79 Å². The molecular formula is C22H23N5OS. The summed E-state index contributed by atoms with van der Waals surface area (Å²) in [4.78, 5) is 22.3. The number of nitrogen functional groups attached to an aromatic ring is 1. The number of anilines is 3. The van der Waals surface area contributed by atoms with Crippen molar-refractivity contribution in [2.24, 2.45) is 0 Å². The number of aryl methyl sites for hydroxylation is 1. The molecular weight excluding hydrogens is 382 g/mol. The Balaban J connectivity index is 1.55. The van der Waals surface area contributed by atoms with E-state index in [4.69, 9.17) is 18.0 Å². The highest BCUT2D eigenvalue weighted by atomic mass is 32.1. The Bertz CT molecular complexity index is 1110. The van der Waals surface area contributed by atoms with Crippen molar-refractivity contribution in [2.45, 2.75) is 26.3 Å². The highest BCUT2D eigenvalue weighted by Crippen LogP contribution is 2.22. The molecule has 29 heavy (non-hydrogen) atoms. The molecule has 1 aliphatic heterocycles. The van der Waals surface area contributed by atoms with Crippen LogP contribution >= 0.6 is 12.2 Å². The third-order valence-electron chi connectivity index (χ3n) is 5.21. The Labute approximate surface area is 174 Å². The smallest absolute Gasteiger partial charge is 0.264 e. The summed E-state index contributed by atoms with van der Waals surface area (Å²) >= 11 is 5.43. The Morgan fingerprint density at radius 3 is 2.62 bits per heavy atom. The fourth-order valence-corrected chi connectivity index (χ4v) is 3.86. The second kappa shape index (κ2) is 8.05. The Morgan fingerprint density at radius 1 is 1.21 bits per heavy atom. The second-order valence-electron chi connectivity index (χ2n) is 7.09. The van der Waals surface area contributed by atoms with Gasteiger partial charge >= 0.3 is 0 Å². The first-order valence-electron chi connectivity index (χ1n) is 9.67. The van der Waals surface area contributed by atoms with Crippen LogP contribution in [-0.4, -0.2) is 21.5 Å². The number of nitrogens with zero attached hydrogens (tertiary/aromatic N) is 2. The minimum Gasteiger partial charge on any atom is -0.383 e. The molecule has 4 rings (SSSR count). The number of aromatic amines is 1. The molecule has 0 saturated carbocycles. The minimum absolute atomic E-state index is 0.130. The molecule has 6 nitrogen and oxygen atoms in total. The van der Waals surface area contributed by atoms with E-state index in [1.54, 1.807) is 0 Å². The highest BCUT2D eigenvalue weighted by Gasteiger charge is 2.21. The van der Waals surface area contributed by atoms with Gasteiger partial charge in [0.25, 0.3) is 5.56 Å². The van der Waals surface area contributed by atoms with Crippen LogP contribution in [0.5, 0.6) is 0 Å². The van der Waals surface area contributed by atoms with Gasteiger partial charge in [-0.3, -0.25) is 9.78 Å². The van der Waals surface area contributed by atoms with Crippen molar-refractivity contribution in [1.82, 2.24) is 9.97 Å². The summed E-state index contributed by atoms with van der Waals surface area (Å²) in [6, 6.07) is 16.2. The Morgan fingerprint density at radius 2 is 1.93 bits per heavy atom. The third-order valence-corrected chi connectivity index (χ3v) is 5.52. The van der Waals surface area contributed by atoms with Crippen LogP contribution < -0.4 is 21.5 Å². The Hall–Kier alpha value is -3.19. The molecule has 4 N–H and O–H groups in total. The van der Waals surface area contributed by atoms with E-state index in [0.29, 0.717) is 12.5 Å². The summed E-state index contributed by atoms with van der Waals surface area (Å²) in [5.74, 6) is 0.603. The van der Waals surface area contributed by atoms with Crippen LogP contribution in [0, 0.1) is 0 Å². The first kappa shape index (κ1) is 19.1. The van der Waals surface area contributed by atoms with Crippen LogP contribution in [-0.2, 0) is 19.4 Å². The summed E-state index contributed by atoms with van der Waals surface area (Å²) in [5.41, 5.74) is 10.6. The van der Waals surface area contributed by atoms with Gasteiger partial charge < -0.3 is 16.0 Å². The van der Waals surface area contributed by atoms with Gasteiger partial charge in [-0.1, -0.05) is 55.5 Å². The number of aromatic nitrogens is 2. The molecule has 1 aromatic heterocycles. The lowest BCUT2D eigenvalue weighted by Crippen LogP contribution is -2.35. The van der Waals surface area contributed by atoms with Crippen LogP contribution in [0.25, 0.3) is 0 Å². The van der Waals surface area contributed by atoms with Crippen molar-refractivity contribution in [3.8, 4) is 0 Å². The van der Waals surface area contributed by atoms with E-state index in [1.165, 1.54) is 16.7 Å². The van der Waals surface area contributed by atoms with E-state index in [2.05, 4.69) is 34.3 Å². The molecule has 0 saturated heterocycles. The van der Waals surface area contributed by atoms with Crippen molar-refractivity contribution in [3.63, 3.8) is 0 Å². The summed E-state index contributed by atoms with van der Waals surface area (Å²) in [6.45, 7) is 3.55. The molecule has 0 aliphatic carbocycles. The second-order valence-corrected chi connectivity index (χ2v) is 7.50. The fourth-order valence-electron chi connectivity index (χ4n) is 3.54. The zero-order valence-corrected chi connectivity index (χ0v) is 17.1. The molecule has 0 unspecified atom stereocenters. The molecule has 0 atom stereocenters. The minimum atomic E-state index is -0.339. The highest BCUT2D eigenvalue weighted by molar-refractivity contribution is 7.81. The van der Waals surface area contributed by atoms with Crippen molar-refractivity contribution in [1.29, 1.82) is 0 Å². The van der Waals surface area contributed by atoms with Gasteiger partial charge in [0.05, 0.1) is 0 Å². The monoisotopic (exact) mass is 405 g/mol. The predicted octanol–water partition coefficient (Wildman–Crippen LogP) is 3.26. The molecule has 0 radical (unpaired) electrons. The molecule has 3 aromatic rings. The maximum absolute atomic E-state index is 12.8. The summed E-state index contributed by atoms with van der Waals surface area (Å²) in [7, 11) is 0. The van der Waals surface area contributed by atoms with Crippen molar-refractivity contribution in [2.75, 3.05) is 22.5 Å². The van der Waals surface area contributed by atoms with Gasteiger partial charge in [-0.25, -0.2) is 0 Å². The van der Waals surface area contributed by atoms with E-state index in [1.807, 2.05) is 41.3 Å². The van der Waals surface area contributed by atoms with Crippen molar-refractivity contribution >= 4 is 34.7 Å². The van der Waals surface area contributed by atoms with Gasteiger partial charge in [-0.05, 0) is 41.7 Å². The first-order valence-corrected chi connectivity index (χ1v) is 10.1. The molecule has 2 aromatic carbocycles. The van der Waals surface area contributed by atoms with Crippen LogP contribution in [0.15, 0.2) is 53.3 Å². The number of nitrogens with one attached hydrogen (secondary N) is 2. The topological polar surface area (TPSA) is 87.0 Å². The quantitative estimate of drug-likeness (QED) is 0.578. The summed E-state index contributed by atoms with van der Waals surface area (Å²) < 4.78 is 0. The molecule has 0 amide bonds. The SMILES string of the molecule is CCc1ccc(NC(=S)c2c(N)nc(N3CCc4ccccc4C3)[nH]c2=O)cc1. The predicted molar refractivity (Wildman–Crippen MR) is 122 cm³/mol. The standard InChI is InChI=1S/C22H23N5OS/c1-2-14-7-9-17(10-8-14)24-21(29)18-19(23)25-22(26-20(18)28)27-12-11-15-5-3-4-6-16(15)13-27/h3-10H,2,11-13H2,1H3,(H,24,29)(H3,23,25,26,28). The molecule has 0 bridgehead atoms. The van der Waals surface area contributed by atoms with Crippen molar-refractivity contribution < 1.29 is 0 Å². The summed E-state index contributed by atoms with van der Waals surface area (Å²) in [6.07, 6.45) is 1.86. The van der Waals surface area contributed by atoms with E-state index in [-0.39, 0.29) is 21.9 Å². The van der Waals surface area contributed by atoms with Crippen LogP contribution in [0.4, 0.5) is 17.5 Å². The van der Waals surface area contributed by atoms with Gasteiger partial charge in [0.15, 0.2) is 0 Å².